The fourth-order valence-corrected chi connectivity index (χ4v) is 7.21. The van der Waals surface area contributed by atoms with Crippen LogP contribution >= 0.6 is 11.6 Å². The Kier molecular flexibility index (Phi) is 28.5. The third-order valence-electron chi connectivity index (χ3n) is 11.6. The van der Waals surface area contributed by atoms with E-state index in [0.717, 1.165) is 16.7 Å². The molecule has 0 aliphatic carbocycles. The van der Waals surface area contributed by atoms with Crippen LogP contribution < -0.4 is 5.73 Å². The Morgan fingerprint density at radius 3 is 1.17 bits per heavy atom. The van der Waals surface area contributed by atoms with Gasteiger partial charge < -0.3 is 57.6 Å². The van der Waals surface area contributed by atoms with Crippen molar-refractivity contribution in [1.29, 1.82) is 0 Å². The second-order valence-corrected chi connectivity index (χ2v) is 18.6. The van der Waals surface area contributed by atoms with E-state index in [1.54, 1.807) is 45.9 Å². The minimum Gasteiger partial charge on any atom is -0.481 e. The number of carbonyl (C=O) groups is 9. The van der Waals surface area contributed by atoms with Crippen LogP contribution in [0.15, 0.2) is 137 Å². The summed E-state index contributed by atoms with van der Waals surface area (Å²) in [5.74, 6) is -7.03. The van der Waals surface area contributed by atoms with Crippen LogP contribution in [-0.4, -0.2) is 93.3 Å². The van der Waals surface area contributed by atoms with Gasteiger partial charge in [-0.1, -0.05) is 123 Å². The van der Waals surface area contributed by atoms with Gasteiger partial charge in [0.25, 0.3) is 0 Å². The lowest BCUT2D eigenvalue weighted by Crippen LogP contribution is -2.29. The van der Waals surface area contributed by atoms with Crippen LogP contribution in [0.5, 0.6) is 0 Å². The van der Waals surface area contributed by atoms with E-state index in [1.165, 1.54) is 41.6 Å². The van der Waals surface area contributed by atoms with Crippen molar-refractivity contribution in [3.8, 4) is 0 Å². The van der Waals surface area contributed by atoms with Gasteiger partial charge in [0.05, 0.1) is 73.8 Å². The molecule has 23 nitrogen and oxygen atoms in total. The zero-order chi connectivity index (χ0) is 61.6. The first kappa shape index (κ1) is 67.3. The van der Waals surface area contributed by atoms with Crippen molar-refractivity contribution >= 4 is 87.5 Å². The molecule has 0 saturated carbocycles. The van der Waals surface area contributed by atoms with E-state index < -0.39 is 77.5 Å². The number of esters is 8. The van der Waals surface area contributed by atoms with Gasteiger partial charge >= 0.3 is 53.7 Å². The highest BCUT2D eigenvalue weighted by Crippen LogP contribution is 2.24. The highest BCUT2D eigenvalue weighted by atomic mass is 35.5. The number of hydrogen-bond acceptors (Lipinski definition) is 20. The smallest absolute Gasteiger partial charge is 0.355 e. The maximum Gasteiger partial charge on any atom is 0.355 e. The van der Waals surface area contributed by atoms with Crippen LogP contribution in [0.3, 0.4) is 0 Å². The summed E-state index contributed by atoms with van der Waals surface area (Å²) >= 11 is 5.26. The third kappa shape index (κ3) is 22.6. The van der Waals surface area contributed by atoms with E-state index in [-0.39, 0.29) is 83.2 Å². The molecule has 0 aliphatic rings. The number of nitrogens with two attached hydrogens (primary N) is 1. The monoisotopic (exact) mass is 1190 g/mol. The molecule has 3 N–H and O–H groups in total. The second-order valence-electron chi connectivity index (χ2n) is 18.3. The van der Waals surface area contributed by atoms with E-state index in [9.17, 15) is 43.2 Å². The lowest BCUT2D eigenvalue weighted by molar-refractivity contribution is -0.157. The summed E-state index contributed by atoms with van der Waals surface area (Å²) in [5, 5.41) is 8.61. The van der Waals surface area contributed by atoms with Gasteiger partial charge in [-0.3, -0.25) is 42.7 Å². The standard InChI is InChI=1S/C22H23NO7.C13H15ClO4.C13H16N2O5.C12H14O4/c1-3-27-22(26)18-12-19-17(9-10-28-19)23(18)14-30-21(25)15(2)11-20(24)29-13-16-7-5-4-6-8-16;1-10(13(16)18-9-14)7-12(15)17-8-11-5-3-2-4-6-11;1-3-18-13(17)10-6-11-9(4-5-19-11)15(10)7-20-12(16)8(2)14;1-9(12(14)15)7-11(13)16-8-10-5-3-2-4-6-10/h4-10,12,15H,3,11,13-14H2,1-2H3;2-6,10H,7-9H2,1H3;4-6,8H,3,7,14H2,1-2H3;2-6,9H,7-8H2,1H3,(H,14,15). The second kappa shape index (κ2) is 35.6. The average molecular weight is 1190 g/mol. The van der Waals surface area contributed by atoms with Crippen LogP contribution in [0.25, 0.3) is 22.2 Å². The summed E-state index contributed by atoms with van der Waals surface area (Å²) in [7, 11) is 0. The Hall–Kier alpha value is -9.22. The predicted octanol–water partition coefficient (Wildman–Crippen LogP) is 9.28. The first-order chi connectivity index (χ1) is 40.3. The minimum absolute atomic E-state index is 0.0114. The molecule has 7 rings (SSSR count). The van der Waals surface area contributed by atoms with Gasteiger partial charge in [0.1, 0.15) is 37.3 Å². The minimum atomic E-state index is -0.989. The number of hydrogen-bond donors (Lipinski definition) is 2. The highest BCUT2D eigenvalue weighted by molar-refractivity contribution is 6.17. The van der Waals surface area contributed by atoms with Crippen LogP contribution in [0.4, 0.5) is 0 Å². The van der Waals surface area contributed by atoms with Gasteiger partial charge in [-0.25, -0.2) is 9.59 Å². The number of aliphatic carboxylic acids is 1. The summed E-state index contributed by atoms with van der Waals surface area (Å²) in [5.41, 5.74) is 10.8. The Balaban J connectivity index is 0.000000249. The third-order valence-corrected chi connectivity index (χ3v) is 11.7. The normalized spacial score (nSPS) is 11.9. The van der Waals surface area contributed by atoms with Gasteiger partial charge in [-0.15, -0.1) is 0 Å². The molecule has 3 aromatic carbocycles. The Morgan fingerprint density at radius 2 is 0.833 bits per heavy atom. The highest BCUT2D eigenvalue weighted by Gasteiger charge is 2.25. The number of carboxylic acids is 1. The molecule has 0 saturated heterocycles. The number of halogens is 1. The number of fused-ring (bicyclic) bond motifs is 2. The van der Waals surface area contributed by atoms with Crippen molar-refractivity contribution < 1.29 is 95.0 Å². The fraction of sp³-hybridized carbons (Fsp3) is 0.350. The van der Waals surface area contributed by atoms with Gasteiger partial charge in [0.2, 0.25) is 0 Å². The molecule has 0 spiro atoms. The largest absolute Gasteiger partial charge is 0.481 e. The maximum absolute atomic E-state index is 12.3. The summed E-state index contributed by atoms with van der Waals surface area (Å²) in [6, 6.07) is 33.4. The molecule has 4 unspecified atom stereocenters. The number of nitrogens with zero attached hydrogens (tertiary/aromatic N) is 2. The molecule has 0 amide bonds. The first-order valence-electron chi connectivity index (χ1n) is 26.4. The molecule has 4 aromatic heterocycles. The van der Waals surface area contributed by atoms with Crippen molar-refractivity contribution in [3.05, 3.63) is 156 Å². The number of furan rings is 2. The van der Waals surface area contributed by atoms with Crippen molar-refractivity contribution in [2.24, 2.45) is 23.5 Å². The van der Waals surface area contributed by atoms with Crippen LogP contribution in [0, 0.1) is 17.8 Å². The number of aromatic nitrogens is 2. The Labute approximate surface area is 488 Å². The molecule has 0 aliphatic heterocycles. The molecule has 4 atom stereocenters. The molecule has 24 heteroatoms. The van der Waals surface area contributed by atoms with Gasteiger partial charge in [0, 0.05) is 24.3 Å². The number of benzene rings is 3. The molecule has 0 fully saturated rings. The van der Waals surface area contributed by atoms with E-state index in [1.807, 2.05) is 91.0 Å². The van der Waals surface area contributed by atoms with Gasteiger partial charge in [-0.2, -0.15) is 0 Å². The van der Waals surface area contributed by atoms with Crippen LogP contribution in [0.1, 0.15) is 98.5 Å². The molecular formula is C60H68ClN3O20. The van der Waals surface area contributed by atoms with E-state index >= 15 is 0 Å². The van der Waals surface area contributed by atoms with Crippen molar-refractivity contribution in [2.45, 2.75) is 100 Å². The maximum atomic E-state index is 12.3. The SMILES string of the molecule is CC(CC(=O)OCc1ccccc1)C(=O)O.CC(CC(=O)OCc1ccccc1)C(=O)OCCl.CCOC(=O)c1cc2occc2n1COC(=O)C(C)CC(=O)OCc1ccccc1.CCOC(=O)c1cc2occc2n1COC(=O)C(C)N. The predicted molar refractivity (Wildman–Crippen MR) is 301 cm³/mol. The molecule has 0 radical (unpaired) electrons. The summed E-state index contributed by atoms with van der Waals surface area (Å²) < 4.78 is 53.7. The zero-order valence-electron chi connectivity index (χ0n) is 47.3. The summed E-state index contributed by atoms with van der Waals surface area (Å²) in [6.45, 7) is 10.3. The molecule has 450 valence electrons. The molecule has 84 heavy (non-hydrogen) atoms. The molecule has 4 heterocycles. The van der Waals surface area contributed by atoms with Crippen LogP contribution in [0.2, 0.25) is 0 Å². The summed E-state index contributed by atoms with van der Waals surface area (Å²) in [4.78, 5) is 104. The lowest BCUT2D eigenvalue weighted by atomic mass is 10.1. The van der Waals surface area contributed by atoms with E-state index in [2.05, 4.69) is 4.74 Å². The van der Waals surface area contributed by atoms with Crippen LogP contribution in [-0.2, 0) is 105 Å². The number of rotatable bonds is 25. The fourth-order valence-electron chi connectivity index (χ4n) is 7.10. The van der Waals surface area contributed by atoms with Gasteiger partial charge in [-0.05, 0) is 37.5 Å². The van der Waals surface area contributed by atoms with Crippen molar-refractivity contribution in [3.63, 3.8) is 0 Å². The van der Waals surface area contributed by atoms with Gasteiger partial charge in [0.15, 0.2) is 30.7 Å². The first-order valence-corrected chi connectivity index (χ1v) is 26.9. The number of ether oxygens (including phenoxy) is 8. The van der Waals surface area contributed by atoms with E-state index in [4.69, 9.17) is 64.4 Å². The van der Waals surface area contributed by atoms with Crippen molar-refractivity contribution in [1.82, 2.24) is 9.13 Å². The summed E-state index contributed by atoms with van der Waals surface area (Å²) in [6.07, 6.45) is 2.75. The Bertz CT molecular complexity index is 3220. The number of alkyl halides is 1. The zero-order valence-corrected chi connectivity index (χ0v) is 48.0. The van der Waals surface area contributed by atoms with E-state index in [0.29, 0.717) is 22.2 Å². The average Bonchev–Trinajstić information content (AvgIpc) is 2.82. The topological polar surface area (TPSA) is 310 Å². The molecule has 0 bridgehead atoms. The number of carbonyl (C=O) groups excluding carboxylic acids is 8. The number of carboxylic acid groups (broad SMARTS) is 1. The lowest BCUT2D eigenvalue weighted by Gasteiger charge is -2.13. The Morgan fingerprint density at radius 1 is 0.488 bits per heavy atom. The molecular weight excluding hydrogens is 1120 g/mol. The van der Waals surface area contributed by atoms with Crippen molar-refractivity contribution in [2.75, 3.05) is 19.3 Å². The molecule has 7 aromatic rings. The quantitative estimate of drug-likeness (QED) is 0.0306.